The molecular formula is C34H47NO7. The zero-order valence-electron chi connectivity index (χ0n) is 26.0. The molecule has 0 radical (unpaired) electrons. The number of hydrogen-bond acceptors (Lipinski definition) is 8. The number of carbonyl (C=O) groups excluding carboxylic acids is 3. The van der Waals surface area contributed by atoms with E-state index in [1.165, 1.54) is 0 Å². The SMILES string of the molecule is CC(C)(C)OC(=O)COc1cccc2c1CCCCC2=O.CC(C)(C)OC(=O)COc1cccc2c1CCCCC2N. The lowest BCUT2D eigenvalue weighted by Gasteiger charge is -2.20. The summed E-state index contributed by atoms with van der Waals surface area (Å²) in [6, 6.07) is 11.4. The molecule has 0 bridgehead atoms. The summed E-state index contributed by atoms with van der Waals surface area (Å²) in [5.41, 5.74) is 9.14. The van der Waals surface area contributed by atoms with E-state index in [1.54, 1.807) is 6.07 Å². The van der Waals surface area contributed by atoms with Crippen molar-refractivity contribution in [2.24, 2.45) is 5.73 Å². The predicted molar refractivity (Wildman–Crippen MR) is 162 cm³/mol. The maximum absolute atomic E-state index is 12.0. The average Bonchev–Trinajstić information content (AvgIpc) is 3.20. The maximum Gasteiger partial charge on any atom is 0.344 e. The summed E-state index contributed by atoms with van der Waals surface area (Å²) in [5, 5.41) is 0. The fourth-order valence-corrected chi connectivity index (χ4v) is 5.11. The molecule has 42 heavy (non-hydrogen) atoms. The van der Waals surface area contributed by atoms with Gasteiger partial charge in [-0.05, 0) is 103 Å². The van der Waals surface area contributed by atoms with Gasteiger partial charge < -0.3 is 24.7 Å². The van der Waals surface area contributed by atoms with Crippen LogP contribution in [0.3, 0.4) is 0 Å². The van der Waals surface area contributed by atoms with Crippen LogP contribution in [-0.4, -0.2) is 42.1 Å². The Bertz CT molecular complexity index is 1240. The van der Waals surface area contributed by atoms with E-state index >= 15 is 0 Å². The van der Waals surface area contributed by atoms with E-state index in [0.717, 1.165) is 72.9 Å². The lowest BCUT2D eigenvalue weighted by molar-refractivity contribution is -0.158. The highest BCUT2D eigenvalue weighted by molar-refractivity contribution is 5.98. The Hall–Kier alpha value is -3.39. The number of nitrogens with two attached hydrogens (primary N) is 1. The van der Waals surface area contributed by atoms with Crippen LogP contribution in [0.5, 0.6) is 11.5 Å². The van der Waals surface area contributed by atoms with E-state index in [9.17, 15) is 14.4 Å². The lowest BCUT2D eigenvalue weighted by Crippen LogP contribution is -2.27. The van der Waals surface area contributed by atoms with E-state index in [0.29, 0.717) is 12.2 Å². The minimum atomic E-state index is -0.524. The van der Waals surface area contributed by atoms with Gasteiger partial charge in [0.1, 0.15) is 22.7 Å². The second-order valence-electron chi connectivity index (χ2n) is 12.8. The molecule has 0 saturated carbocycles. The number of ether oxygens (including phenoxy) is 4. The van der Waals surface area contributed by atoms with Crippen LogP contribution in [0.4, 0.5) is 0 Å². The van der Waals surface area contributed by atoms with Gasteiger partial charge in [0.05, 0.1) is 0 Å². The number of Topliss-reactive ketones (excluding diaryl/α,β-unsaturated/α-hetero) is 1. The largest absolute Gasteiger partial charge is 0.482 e. The molecule has 0 heterocycles. The Morgan fingerprint density at radius 3 is 1.83 bits per heavy atom. The first-order valence-corrected chi connectivity index (χ1v) is 15.0. The number of ketones is 1. The number of hydrogen-bond donors (Lipinski definition) is 1. The molecular weight excluding hydrogens is 534 g/mol. The Balaban J connectivity index is 0.000000230. The topological polar surface area (TPSA) is 114 Å². The summed E-state index contributed by atoms with van der Waals surface area (Å²) < 4.78 is 21.8. The summed E-state index contributed by atoms with van der Waals surface area (Å²) in [4.78, 5) is 35.5. The van der Waals surface area contributed by atoms with Gasteiger partial charge in [0.25, 0.3) is 0 Å². The molecule has 0 saturated heterocycles. The van der Waals surface area contributed by atoms with E-state index in [-0.39, 0.29) is 31.0 Å². The fraction of sp³-hybridized carbons (Fsp3) is 0.559. The zero-order chi connectivity index (χ0) is 30.9. The van der Waals surface area contributed by atoms with Crippen LogP contribution in [0.15, 0.2) is 36.4 Å². The van der Waals surface area contributed by atoms with Crippen molar-refractivity contribution >= 4 is 17.7 Å². The molecule has 230 valence electrons. The molecule has 1 atom stereocenters. The van der Waals surface area contributed by atoms with Crippen molar-refractivity contribution in [2.75, 3.05) is 13.2 Å². The third-order valence-corrected chi connectivity index (χ3v) is 6.81. The number of esters is 2. The van der Waals surface area contributed by atoms with Gasteiger partial charge in [-0.25, -0.2) is 9.59 Å². The zero-order valence-corrected chi connectivity index (χ0v) is 26.0. The van der Waals surface area contributed by atoms with Crippen LogP contribution in [0, 0.1) is 0 Å². The van der Waals surface area contributed by atoms with Gasteiger partial charge in [0, 0.05) is 23.6 Å². The number of fused-ring (bicyclic) bond motifs is 2. The summed E-state index contributed by atoms with van der Waals surface area (Å²) in [7, 11) is 0. The molecule has 8 nitrogen and oxygen atoms in total. The summed E-state index contributed by atoms with van der Waals surface area (Å²) in [5.74, 6) is 0.785. The predicted octanol–water partition coefficient (Wildman–Crippen LogP) is 6.45. The summed E-state index contributed by atoms with van der Waals surface area (Å²) in [6.07, 6.45) is 7.45. The van der Waals surface area contributed by atoms with Crippen molar-refractivity contribution in [1.82, 2.24) is 0 Å². The van der Waals surface area contributed by atoms with Crippen molar-refractivity contribution in [3.8, 4) is 11.5 Å². The third kappa shape index (κ3) is 10.5. The van der Waals surface area contributed by atoms with Gasteiger partial charge >= 0.3 is 11.9 Å². The molecule has 1 unspecified atom stereocenters. The Morgan fingerprint density at radius 1 is 0.738 bits per heavy atom. The third-order valence-electron chi connectivity index (χ3n) is 6.81. The average molecular weight is 582 g/mol. The highest BCUT2D eigenvalue weighted by Crippen LogP contribution is 2.33. The quantitative estimate of drug-likeness (QED) is 0.306. The highest BCUT2D eigenvalue weighted by Gasteiger charge is 2.22. The van der Waals surface area contributed by atoms with Crippen LogP contribution in [0.2, 0.25) is 0 Å². The second-order valence-corrected chi connectivity index (χ2v) is 12.8. The first-order valence-electron chi connectivity index (χ1n) is 15.0. The summed E-state index contributed by atoms with van der Waals surface area (Å²) in [6.45, 7) is 10.8. The summed E-state index contributed by atoms with van der Waals surface area (Å²) >= 11 is 0. The van der Waals surface area contributed by atoms with Gasteiger partial charge in [-0.1, -0.05) is 30.7 Å². The van der Waals surface area contributed by atoms with E-state index in [1.807, 2.05) is 65.8 Å². The van der Waals surface area contributed by atoms with Crippen LogP contribution in [0.25, 0.3) is 0 Å². The standard InChI is InChI=1S/C17H25NO3.C17H22O4/c2*1-17(2,3)21-16(19)11-20-15-10-6-8-12-13(15)7-4-5-9-14(12)18/h6,8,10,14H,4-5,7,9,11,18H2,1-3H3;6,8,10H,4-5,7,9,11H2,1-3H3. The Labute approximate surface area is 250 Å². The Morgan fingerprint density at radius 2 is 1.24 bits per heavy atom. The normalized spacial score (nSPS) is 16.8. The molecule has 0 aromatic heterocycles. The number of rotatable bonds is 6. The minimum absolute atomic E-state index is 0.0626. The molecule has 2 N–H and O–H groups in total. The van der Waals surface area contributed by atoms with Crippen LogP contribution in [0.1, 0.15) is 113 Å². The molecule has 0 fully saturated rings. The molecule has 2 aromatic rings. The van der Waals surface area contributed by atoms with E-state index in [4.69, 9.17) is 24.7 Å². The maximum atomic E-state index is 12.0. The van der Waals surface area contributed by atoms with Crippen LogP contribution >= 0.6 is 0 Å². The van der Waals surface area contributed by atoms with E-state index in [2.05, 4.69) is 6.07 Å². The smallest absolute Gasteiger partial charge is 0.344 e. The fourth-order valence-electron chi connectivity index (χ4n) is 5.11. The number of benzene rings is 2. The van der Waals surface area contributed by atoms with Crippen molar-refractivity contribution in [3.63, 3.8) is 0 Å². The first-order chi connectivity index (χ1) is 19.7. The van der Waals surface area contributed by atoms with Gasteiger partial charge in [0.15, 0.2) is 19.0 Å². The molecule has 2 aliphatic rings. The van der Waals surface area contributed by atoms with Crippen molar-refractivity contribution in [3.05, 3.63) is 58.7 Å². The lowest BCUT2D eigenvalue weighted by atomic mass is 9.99. The van der Waals surface area contributed by atoms with Gasteiger partial charge in [-0.15, -0.1) is 0 Å². The Kier molecular flexibility index (Phi) is 11.6. The molecule has 8 heteroatoms. The molecule has 0 aliphatic heterocycles. The first kappa shape index (κ1) is 33.1. The monoisotopic (exact) mass is 581 g/mol. The molecule has 0 amide bonds. The van der Waals surface area contributed by atoms with Gasteiger partial charge in [-0.3, -0.25) is 4.79 Å². The molecule has 2 aromatic carbocycles. The number of carbonyl (C=O) groups is 3. The van der Waals surface area contributed by atoms with Crippen LogP contribution in [-0.2, 0) is 31.9 Å². The minimum Gasteiger partial charge on any atom is -0.482 e. The van der Waals surface area contributed by atoms with Crippen LogP contribution < -0.4 is 15.2 Å². The second kappa shape index (κ2) is 14.7. The van der Waals surface area contributed by atoms with Gasteiger partial charge in [0.2, 0.25) is 0 Å². The van der Waals surface area contributed by atoms with Gasteiger partial charge in [-0.2, -0.15) is 0 Å². The molecule has 0 spiro atoms. The molecule has 4 rings (SSSR count). The van der Waals surface area contributed by atoms with E-state index < -0.39 is 17.2 Å². The van der Waals surface area contributed by atoms with Crippen molar-refractivity contribution < 1.29 is 33.3 Å². The molecule has 2 aliphatic carbocycles. The van der Waals surface area contributed by atoms with Crippen molar-refractivity contribution in [1.29, 1.82) is 0 Å². The highest BCUT2D eigenvalue weighted by atomic mass is 16.6. The van der Waals surface area contributed by atoms with Crippen molar-refractivity contribution in [2.45, 2.75) is 110 Å².